The molecule has 158 valence electrons. The van der Waals surface area contributed by atoms with Gasteiger partial charge in [0.2, 0.25) is 0 Å². The van der Waals surface area contributed by atoms with Crippen LogP contribution >= 0.6 is 11.8 Å². The molecule has 1 aromatic heterocycles. The maximum absolute atomic E-state index is 13.0. The molecule has 0 N–H and O–H groups in total. The highest BCUT2D eigenvalue weighted by Crippen LogP contribution is 2.39. The molecular weight excluding hydrogens is 436 g/mol. The minimum absolute atomic E-state index is 0.00387. The van der Waals surface area contributed by atoms with Crippen LogP contribution in [0.1, 0.15) is 5.56 Å². The average molecular weight is 455 g/mol. The van der Waals surface area contributed by atoms with Crippen molar-refractivity contribution in [2.75, 3.05) is 7.11 Å². The summed E-state index contributed by atoms with van der Waals surface area (Å²) in [5.74, 6) is 0.599. The molecule has 0 aliphatic heterocycles. The van der Waals surface area contributed by atoms with Crippen molar-refractivity contribution in [1.82, 2.24) is 0 Å². The molecule has 0 unspecified atom stereocenters. The maximum atomic E-state index is 13.0. The summed E-state index contributed by atoms with van der Waals surface area (Å²) in [5.41, 5.74) is 0.467. The Balaban J connectivity index is 1.84. The van der Waals surface area contributed by atoms with Crippen molar-refractivity contribution in [3.63, 3.8) is 0 Å². The molecular formula is C23H18O6S2. The molecule has 0 spiro atoms. The second kappa shape index (κ2) is 8.49. The summed E-state index contributed by atoms with van der Waals surface area (Å²) in [5, 5.41) is 0.383. The van der Waals surface area contributed by atoms with Gasteiger partial charge in [-0.15, -0.1) is 0 Å². The van der Waals surface area contributed by atoms with Crippen molar-refractivity contribution in [2.24, 2.45) is 0 Å². The van der Waals surface area contributed by atoms with Crippen LogP contribution in [-0.4, -0.2) is 15.5 Å². The fraction of sp³-hybridized carbons (Fsp3) is 0.0870. The van der Waals surface area contributed by atoms with Gasteiger partial charge in [0.25, 0.3) is 0 Å². The number of ether oxygens (including phenoxy) is 1. The molecule has 8 heteroatoms. The molecule has 0 bridgehead atoms. The molecule has 4 aromatic rings. The van der Waals surface area contributed by atoms with Gasteiger partial charge in [0.1, 0.15) is 21.1 Å². The molecule has 0 fully saturated rings. The van der Waals surface area contributed by atoms with Crippen LogP contribution in [0.5, 0.6) is 11.5 Å². The first-order valence-corrected chi connectivity index (χ1v) is 11.5. The lowest BCUT2D eigenvalue weighted by Gasteiger charge is -2.13. The normalized spacial score (nSPS) is 11.4. The summed E-state index contributed by atoms with van der Waals surface area (Å²) in [6, 6.07) is 20.0. The first-order valence-electron chi connectivity index (χ1n) is 9.26. The molecule has 1 heterocycles. The topological polar surface area (TPSA) is 82.8 Å². The van der Waals surface area contributed by atoms with E-state index in [0.717, 1.165) is 17.3 Å². The average Bonchev–Trinajstić information content (AvgIpc) is 2.77. The molecule has 0 amide bonds. The molecule has 0 atom stereocenters. The molecule has 4 rings (SSSR count). The highest BCUT2D eigenvalue weighted by molar-refractivity contribution is 7.99. The third kappa shape index (κ3) is 4.45. The lowest BCUT2D eigenvalue weighted by atomic mass is 10.2. The van der Waals surface area contributed by atoms with Crippen molar-refractivity contribution in [1.29, 1.82) is 0 Å². The zero-order valence-corrected chi connectivity index (χ0v) is 18.3. The molecule has 0 saturated carbocycles. The Hall–Kier alpha value is -3.23. The van der Waals surface area contributed by atoms with Gasteiger partial charge in [-0.3, -0.25) is 0 Å². The van der Waals surface area contributed by atoms with E-state index in [1.54, 1.807) is 67.8 Å². The van der Waals surface area contributed by atoms with Gasteiger partial charge < -0.3 is 13.3 Å². The third-order valence-corrected chi connectivity index (χ3v) is 6.81. The van der Waals surface area contributed by atoms with Crippen LogP contribution in [0.3, 0.4) is 0 Å². The van der Waals surface area contributed by atoms with Gasteiger partial charge >= 0.3 is 15.7 Å². The highest BCUT2D eigenvalue weighted by Gasteiger charge is 2.24. The number of benzene rings is 3. The molecule has 0 aliphatic carbocycles. The van der Waals surface area contributed by atoms with E-state index >= 15 is 0 Å². The van der Waals surface area contributed by atoms with Crippen LogP contribution in [0.4, 0.5) is 0 Å². The standard InChI is InChI=1S/C23H18O6S2/c1-15-7-13-18(14-8-15)31(25,26)29-21-19-5-3-4-6-20(19)28-23(24)22(21)30-17-11-9-16(27-2)10-12-17/h3-14H,1-2H3. The highest BCUT2D eigenvalue weighted by atomic mass is 32.2. The minimum atomic E-state index is -4.18. The summed E-state index contributed by atoms with van der Waals surface area (Å²) in [6.45, 7) is 1.86. The van der Waals surface area contributed by atoms with E-state index in [9.17, 15) is 13.2 Å². The molecule has 0 saturated heterocycles. The Morgan fingerprint density at radius 1 is 0.903 bits per heavy atom. The zero-order chi connectivity index (χ0) is 22.0. The fourth-order valence-electron chi connectivity index (χ4n) is 2.90. The van der Waals surface area contributed by atoms with Crippen LogP contribution in [0, 0.1) is 6.92 Å². The van der Waals surface area contributed by atoms with Crippen molar-refractivity contribution >= 4 is 32.8 Å². The van der Waals surface area contributed by atoms with Crippen molar-refractivity contribution in [2.45, 2.75) is 21.6 Å². The van der Waals surface area contributed by atoms with E-state index in [1.165, 1.54) is 12.1 Å². The predicted octanol–water partition coefficient (Wildman–Crippen LogP) is 5.03. The fourth-order valence-corrected chi connectivity index (χ4v) is 4.79. The molecule has 0 aliphatic rings. The summed E-state index contributed by atoms with van der Waals surface area (Å²) in [7, 11) is -2.62. The number of rotatable bonds is 6. The number of para-hydroxylation sites is 1. The number of hydrogen-bond donors (Lipinski definition) is 0. The van der Waals surface area contributed by atoms with E-state index in [2.05, 4.69) is 0 Å². The predicted molar refractivity (Wildman–Crippen MR) is 119 cm³/mol. The second-order valence-corrected chi connectivity index (χ2v) is 9.30. The lowest BCUT2D eigenvalue weighted by molar-refractivity contribution is 0.414. The minimum Gasteiger partial charge on any atom is -0.497 e. The van der Waals surface area contributed by atoms with Gasteiger partial charge in [0.05, 0.1) is 12.5 Å². The van der Waals surface area contributed by atoms with Gasteiger partial charge in [-0.25, -0.2) is 4.79 Å². The Bertz CT molecular complexity index is 1390. The van der Waals surface area contributed by atoms with Gasteiger partial charge in [-0.05, 0) is 55.5 Å². The monoisotopic (exact) mass is 454 g/mol. The van der Waals surface area contributed by atoms with E-state index in [4.69, 9.17) is 13.3 Å². The lowest BCUT2D eigenvalue weighted by Crippen LogP contribution is -2.14. The van der Waals surface area contributed by atoms with E-state index < -0.39 is 15.7 Å². The Kier molecular flexibility index (Phi) is 5.75. The largest absolute Gasteiger partial charge is 0.497 e. The summed E-state index contributed by atoms with van der Waals surface area (Å²) in [4.78, 5) is 13.5. The van der Waals surface area contributed by atoms with Crippen molar-refractivity contribution in [3.05, 3.63) is 88.8 Å². The quantitative estimate of drug-likeness (QED) is 0.298. The van der Waals surface area contributed by atoms with Crippen LogP contribution in [0.25, 0.3) is 11.0 Å². The van der Waals surface area contributed by atoms with E-state index in [1.807, 2.05) is 6.92 Å². The van der Waals surface area contributed by atoms with Crippen LogP contribution in [0.15, 0.2) is 96.7 Å². The number of hydrogen-bond acceptors (Lipinski definition) is 7. The number of methoxy groups -OCH3 is 1. The van der Waals surface area contributed by atoms with Crippen LogP contribution in [-0.2, 0) is 10.1 Å². The number of fused-ring (bicyclic) bond motifs is 1. The summed E-state index contributed by atoms with van der Waals surface area (Å²) in [6.07, 6.45) is 0. The Morgan fingerprint density at radius 3 is 2.26 bits per heavy atom. The smallest absolute Gasteiger partial charge is 0.354 e. The van der Waals surface area contributed by atoms with Crippen LogP contribution in [0.2, 0.25) is 0 Å². The molecule has 6 nitrogen and oxygen atoms in total. The number of aryl methyl sites for hydroxylation is 1. The van der Waals surface area contributed by atoms with Crippen molar-refractivity contribution in [3.8, 4) is 11.5 Å². The van der Waals surface area contributed by atoms with Crippen LogP contribution < -0.4 is 14.5 Å². The Labute approximate surface area is 183 Å². The second-order valence-electron chi connectivity index (χ2n) is 6.67. The van der Waals surface area contributed by atoms with Gasteiger partial charge in [0.15, 0.2) is 5.75 Å². The zero-order valence-electron chi connectivity index (χ0n) is 16.7. The summed E-state index contributed by atoms with van der Waals surface area (Å²) >= 11 is 1.06. The maximum Gasteiger partial charge on any atom is 0.354 e. The molecule has 31 heavy (non-hydrogen) atoms. The molecule has 0 radical (unpaired) electrons. The van der Waals surface area contributed by atoms with E-state index in [-0.39, 0.29) is 21.1 Å². The molecule has 3 aromatic carbocycles. The summed E-state index contributed by atoms with van der Waals surface area (Å²) < 4.78 is 42.1. The Morgan fingerprint density at radius 2 is 1.58 bits per heavy atom. The van der Waals surface area contributed by atoms with Gasteiger partial charge in [-0.2, -0.15) is 8.42 Å². The van der Waals surface area contributed by atoms with E-state index in [0.29, 0.717) is 16.0 Å². The van der Waals surface area contributed by atoms with Gasteiger partial charge in [0, 0.05) is 4.90 Å². The third-order valence-electron chi connectivity index (χ3n) is 4.51. The first kappa shape index (κ1) is 21.0. The van der Waals surface area contributed by atoms with Gasteiger partial charge in [-0.1, -0.05) is 41.6 Å². The first-order chi connectivity index (χ1) is 14.9. The van der Waals surface area contributed by atoms with Crippen molar-refractivity contribution < 1.29 is 21.8 Å². The SMILES string of the molecule is COc1ccc(Sc2c(OS(=O)(=O)c3ccc(C)cc3)c3ccccc3oc2=O)cc1.